The number of carbonyl (C=O) groups is 3. The third-order valence-electron chi connectivity index (χ3n) is 6.98. The van der Waals surface area contributed by atoms with E-state index in [1.165, 1.54) is 42.8 Å². The van der Waals surface area contributed by atoms with Crippen molar-refractivity contribution in [3.63, 3.8) is 0 Å². The number of amides is 1. The number of piperidine rings is 1. The molecule has 9 nitrogen and oxygen atoms in total. The highest BCUT2D eigenvalue weighted by Crippen LogP contribution is 2.37. The molecule has 41 heavy (non-hydrogen) atoms. The van der Waals surface area contributed by atoms with Gasteiger partial charge in [0, 0.05) is 49.6 Å². The molecule has 3 saturated heterocycles. The number of alkyl halides is 6. The summed E-state index contributed by atoms with van der Waals surface area (Å²) < 4.78 is 63.5. The first-order valence-corrected chi connectivity index (χ1v) is 13.4. The van der Waals surface area contributed by atoms with Crippen molar-refractivity contribution in [2.45, 2.75) is 43.8 Å². The van der Waals surface area contributed by atoms with Crippen LogP contribution in [0.4, 0.5) is 26.3 Å². The third kappa shape index (κ3) is 9.13. The molecule has 0 radical (unpaired) electrons. The molecule has 2 atom stereocenters. The average molecular weight is 611 g/mol. The van der Waals surface area contributed by atoms with Gasteiger partial charge < -0.3 is 15.1 Å². The van der Waals surface area contributed by atoms with E-state index in [4.69, 9.17) is 19.8 Å². The Bertz CT molecular complexity index is 1130. The van der Waals surface area contributed by atoms with E-state index < -0.39 is 24.3 Å². The van der Waals surface area contributed by atoms with Gasteiger partial charge in [0.25, 0.3) is 5.91 Å². The molecule has 0 saturated carbocycles. The predicted molar refractivity (Wildman–Crippen MR) is 134 cm³/mol. The van der Waals surface area contributed by atoms with Gasteiger partial charge in [0.15, 0.2) is 0 Å². The Morgan fingerprint density at radius 2 is 1.46 bits per heavy atom. The van der Waals surface area contributed by atoms with Crippen molar-refractivity contribution in [1.29, 1.82) is 0 Å². The third-order valence-corrected chi connectivity index (χ3v) is 7.56. The first kappa shape index (κ1) is 32.3. The summed E-state index contributed by atoms with van der Waals surface area (Å²) in [6.07, 6.45) is -7.67. The van der Waals surface area contributed by atoms with Gasteiger partial charge in [-0.05, 0) is 31.5 Å². The van der Waals surface area contributed by atoms with Crippen LogP contribution in [-0.4, -0.2) is 105 Å². The number of hydrogen-bond acceptors (Lipinski definition) is 7. The molecule has 0 aliphatic carbocycles. The fourth-order valence-electron chi connectivity index (χ4n) is 4.99. The molecule has 3 aliphatic heterocycles. The van der Waals surface area contributed by atoms with Gasteiger partial charge in [-0.3, -0.25) is 14.6 Å². The number of fused-ring (bicyclic) bond motifs is 1. The smallest absolute Gasteiger partial charge is 0.475 e. The normalized spacial score (nSPS) is 21.5. The molecule has 2 aromatic rings. The fraction of sp³-hybridized carbons (Fsp3) is 0.520. The lowest BCUT2D eigenvalue weighted by atomic mass is 9.87. The molecule has 2 N–H and O–H groups in total. The summed E-state index contributed by atoms with van der Waals surface area (Å²) in [7, 11) is 0. The second kappa shape index (κ2) is 13.6. The van der Waals surface area contributed by atoms with E-state index in [9.17, 15) is 31.1 Å². The van der Waals surface area contributed by atoms with E-state index in [2.05, 4.69) is 45.1 Å². The van der Waals surface area contributed by atoms with Gasteiger partial charge in [-0.1, -0.05) is 30.3 Å². The van der Waals surface area contributed by atoms with E-state index in [1.54, 1.807) is 5.51 Å². The monoisotopic (exact) mass is 610 g/mol. The number of benzene rings is 1. The summed E-state index contributed by atoms with van der Waals surface area (Å²) in [6, 6.07) is 12.0. The van der Waals surface area contributed by atoms with Gasteiger partial charge in [-0.25, -0.2) is 14.6 Å². The van der Waals surface area contributed by atoms with Crippen molar-refractivity contribution in [3.05, 3.63) is 52.5 Å². The van der Waals surface area contributed by atoms with Crippen molar-refractivity contribution in [2.24, 2.45) is 5.92 Å². The standard InChI is InChI=1S/C21H26N4OS.2C2HF3O2/c26-21(19-14-27-15-22-19)24-11-17-12-25(20(17)13-24)18-6-8-23(9-7-18)10-16-4-2-1-3-5-16;2*3-2(4,5)1(6)7/h1-5,14-15,17-18,20H,6-13H2;2*(H,6,7). The topological polar surface area (TPSA) is 114 Å². The molecule has 0 spiro atoms. The molecule has 1 aromatic carbocycles. The molecular formula is C25H28F6N4O5S. The number of aromatic nitrogens is 1. The second-order valence-corrected chi connectivity index (χ2v) is 10.4. The minimum atomic E-state index is -5.08. The van der Waals surface area contributed by atoms with Gasteiger partial charge in [0.1, 0.15) is 5.69 Å². The number of thiazole rings is 1. The Hall–Kier alpha value is -3.24. The van der Waals surface area contributed by atoms with Crippen LogP contribution in [0.25, 0.3) is 0 Å². The largest absolute Gasteiger partial charge is 0.490 e. The van der Waals surface area contributed by atoms with Crippen LogP contribution in [-0.2, 0) is 16.1 Å². The zero-order valence-corrected chi connectivity index (χ0v) is 22.3. The minimum absolute atomic E-state index is 0.114. The first-order valence-electron chi connectivity index (χ1n) is 12.5. The van der Waals surface area contributed by atoms with Crippen LogP contribution in [0.2, 0.25) is 0 Å². The number of carboxylic acids is 2. The highest BCUT2D eigenvalue weighted by Gasteiger charge is 2.49. The second-order valence-electron chi connectivity index (χ2n) is 9.71. The summed E-state index contributed by atoms with van der Waals surface area (Å²) in [4.78, 5) is 41.8. The van der Waals surface area contributed by atoms with E-state index >= 15 is 0 Å². The summed E-state index contributed by atoms with van der Waals surface area (Å²) in [5.74, 6) is -4.74. The lowest BCUT2D eigenvalue weighted by Gasteiger charge is -2.50. The quantitative estimate of drug-likeness (QED) is 0.503. The van der Waals surface area contributed by atoms with Crippen LogP contribution < -0.4 is 0 Å². The molecular weight excluding hydrogens is 582 g/mol. The molecule has 0 bridgehead atoms. The highest BCUT2D eigenvalue weighted by atomic mass is 32.1. The van der Waals surface area contributed by atoms with Crippen LogP contribution in [0.3, 0.4) is 0 Å². The van der Waals surface area contributed by atoms with Crippen LogP contribution in [0.5, 0.6) is 0 Å². The zero-order chi connectivity index (χ0) is 30.4. The molecule has 1 amide bonds. The van der Waals surface area contributed by atoms with Crippen molar-refractivity contribution in [3.8, 4) is 0 Å². The summed E-state index contributed by atoms with van der Waals surface area (Å²) >= 11 is 1.49. The van der Waals surface area contributed by atoms with Crippen LogP contribution in [0.15, 0.2) is 41.2 Å². The highest BCUT2D eigenvalue weighted by molar-refractivity contribution is 7.07. The molecule has 1 aromatic heterocycles. The number of aliphatic carboxylic acids is 2. The number of likely N-dealkylation sites (tertiary alicyclic amines) is 3. The molecule has 16 heteroatoms. The molecule has 4 heterocycles. The molecule has 3 aliphatic rings. The van der Waals surface area contributed by atoms with Crippen LogP contribution in [0.1, 0.15) is 28.9 Å². The van der Waals surface area contributed by atoms with Crippen LogP contribution >= 0.6 is 11.3 Å². The number of carboxylic acid groups (broad SMARTS) is 2. The lowest BCUT2D eigenvalue weighted by Crippen LogP contribution is -2.61. The van der Waals surface area contributed by atoms with Gasteiger partial charge in [-0.2, -0.15) is 26.3 Å². The molecule has 226 valence electrons. The van der Waals surface area contributed by atoms with Gasteiger partial charge in [-0.15, -0.1) is 11.3 Å². The van der Waals surface area contributed by atoms with Crippen molar-refractivity contribution in [1.82, 2.24) is 19.7 Å². The number of halogens is 6. The fourth-order valence-corrected chi connectivity index (χ4v) is 5.52. The maximum atomic E-state index is 12.6. The summed E-state index contributed by atoms with van der Waals surface area (Å²) in [5, 5.41) is 16.1. The van der Waals surface area contributed by atoms with Gasteiger partial charge in [0.2, 0.25) is 0 Å². The molecule has 2 unspecified atom stereocenters. The van der Waals surface area contributed by atoms with Crippen molar-refractivity contribution in [2.75, 3.05) is 32.7 Å². The Morgan fingerprint density at radius 1 is 0.902 bits per heavy atom. The Labute approximate surface area is 235 Å². The van der Waals surface area contributed by atoms with Gasteiger partial charge in [0.05, 0.1) is 5.51 Å². The number of nitrogens with zero attached hydrogens (tertiary/aromatic N) is 4. The maximum Gasteiger partial charge on any atom is 0.490 e. The average Bonchev–Trinajstić information content (AvgIpc) is 3.54. The molecule has 5 rings (SSSR count). The summed E-state index contributed by atoms with van der Waals surface area (Å²) in [6.45, 7) is 6.36. The van der Waals surface area contributed by atoms with E-state index in [-0.39, 0.29) is 5.91 Å². The maximum absolute atomic E-state index is 12.6. The number of rotatable bonds is 4. The van der Waals surface area contributed by atoms with E-state index in [0.717, 1.165) is 26.2 Å². The van der Waals surface area contributed by atoms with E-state index in [0.29, 0.717) is 23.7 Å². The molecule has 3 fully saturated rings. The Morgan fingerprint density at radius 3 is 1.95 bits per heavy atom. The minimum Gasteiger partial charge on any atom is -0.475 e. The summed E-state index contributed by atoms with van der Waals surface area (Å²) in [5.41, 5.74) is 3.77. The number of hydrogen-bond donors (Lipinski definition) is 2. The predicted octanol–water partition coefficient (Wildman–Crippen LogP) is 3.83. The van der Waals surface area contributed by atoms with Crippen molar-refractivity contribution < 1.29 is 50.9 Å². The Balaban J connectivity index is 0.000000276. The van der Waals surface area contributed by atoms with Gasteiger partial charge >= 0.3 is 24.3 Å². The zero-order valence-electron chi connectivity index (χ0n) is 21.5. The first-order chi connectivity index (χ1) is 19.2. The van der Waals surface area contributed by atoms with E-state index in [1.807, 2.05) is 10.3 Å². The van der Waals surface area contributed by atoms with Crippen molar-refractivity contribution >= 4 is 29.2 Å². The SMILES string of the molecule is O=C(O)C(F)(F)F.O=C(O)C(F)(F)F.O=C(c1cscn1)N1CC2CN(C3CCN(Cc4ccccc4)CC3)C2C1. The van der Waals surface area contributed by atoms with Crippen LogP contribution in [0, 0.1) is 5.92 Å². The number of carbonyl (C=O) groups excluding carboxylic acids is 1. The lowest BCUT2D eigenvalue weighted by molar-refractivity contribution is -0.193. The Kier molecular flexibility index (Phi) is 10.7.